The highest BCUT2D eigenvalue weighted by atomic mass is 127. The summed E-state index contributed by atoms with van der Waals surface area (Å²) in [5, 5.41) is 9.87. The Morgan fingerprint density at radius 2 is 1.76 bits per heavy atom. The van der Waals surface area contributed by atoms with Gasteiger partial charge in [0.15, 0.2) is 5.96 Å². The summed E-state index contributed by atoms with van der Waals surface area (Å²) in [7, 11) is 1.78. The van der Waals surface area contributed by atoms with E-state index >= 15 is 0 Å². The van der Waals surface area contributed by atoms with Gasteiger partial charge in [-0.05, 0) is 52.0 Å². The molecule has 3 N–H and O–H groups in total. The number of guanidine groups is 1. The number of halogens is 1. The van der Waals surface area contributed by atoms with Crippen molar-refractivity contribution in [2.45, 2.75) is 77.2 Å². The average molecular weight is 569 g/mol. The summed E-state index contributed by atoms with van der Waals surface area (Å²) >= 11 is 0. The summed E-state index contributed by atoms with van der Waals surface area (Å²) in [5.74, 6) is 1.73. The van der Waals surface area contributed by atoms with Crippen LogP contribution in [-0.2, 0) is 17.8 Å². The number of amides is 1. The Morgan fingerprint density at radius 3 is 2.36 bits per heavy atom. The number of nitrogens with one attached hydrogen (secondary N) is 3. The highest BCUT2D eigenvalue weighted by molar-refractivity contribution is 14.0. The van der Waals surface area contributed by atoms with E-state index in [2.05, 4.69) is 42.6 Å². The van der Waals surface area contributed by atoms with E-state index in [4.69, 9.17) is 4.74 Å². The van der Waals surface area contributed by atoms with Gasteiger partial charge < -0.3 is 25.3 Å². The number of rotatable bonds is 6. The standard InChI is InChI=1S/C24H36N6O2.HI/c1-24(2,3)32-23(31)29-20-12-10-19(11-13-20)28-22(25-4)27-16-21-26-14-15-30(21)17-18-8-6-5-7-9-18;/h5-9,14-15,19-20H,10-13,16-17H2,1-4H3,(H,29,31)(H2,25,27,28);1H. The molecule has 0 spiro atoms. The Bertz CT molecular complexity index is 886. The Morgan fingerprint density at radius 1 is 1.12 bits per heavy atom. The lowest BCUT2D eigenvalue weighted by atomic mass is 9.91. The number of alkyl carbamates (subject to hydrolysis) is 1. The fraction of sp³-hybridized carbons (Fsp3) is 0.542. The Balaban J connectivity index is 0.00000385. The van der Waals surface area contributed by atoms with E-state index in [-0.39, 0.29) is 36.1 Å². The molecular weight excluding hydrogens is 531 g/mol. The SMILES string of the molecule is CN=C(NCc1nccn1Cc1ccccc1)NC1CCC(NC(=O)OC(C)(C)C)CC1.I. The normalized spacial score (nSPS) is 18.7. The minimum absolute atomic E-state index is 0. The van der Waals surface area contributed by atoms with E-state index in [0.717, 1.165) is 44.0 Å². The molecule has 1 aliphatic rings. The summed E-state index contributed by atoms with van der Waals surface area (Å²) in [5.41, 5.74) is 0.766. The number of carbonyl (C=O) groups is 1. The predicted octanol–water partition coefficient (Wildman–Crippen LogP) is 4.05. The maximum absolute atomic E-state index is 12.0. The highest BCUT2D eigenvalue weighted by Crippen LogP contribution is 2.19. The first-order chi connectivity index (χ1) is 15.3. The third-order valence-corrected chi connectivity index (χ3v) is 5.42. The molecule has 8 nitrogen and oxygen atoms in total. The van der Waals surface area contributed by atoms with Crippen molar-refractivity contribution in [2.75, 3.05) is 7.05 Å². The van der Waals surface area contributed by atoms with Gasteiger partial charge in [0.2, 0.25) is 0 Å². The van der Waals surface area contributed by atoms with Crippen molar-refractivity contribution < 1.29 is 9.53 Å². The van der Waals surface area contributed by atoms with Gasteiger partial charge in [0, 0.05) is 38.1 Å². The average Bonchev–Trinajstić information content (AvgIpc) is 3.18. The van der Waals surface area contributed by atoms with E-state index in [1.165, 1.54) is 5.56 Å². The molecule has 1 fully saturated rings. The minimum atomic E-state index is -0.475. The molecule has 2 aromatic rings. The van der Waals surface area contributed by atoms with E-state index in [0.29, 0.717) is 12.6 Å². The van der Waals surface area contributed by atoms with Crippen LogP contribution in [0.3, 0.4) is 0 Å². The van der Waals surface area contributed by atoms with Crippen molar-refractivity contribution in [1.82, 2.24) is 25.5 Å². The zero-order chi connectivity index (χ0) is 23.0. The molecule has 0 saturated heterocycles. The third kappa shape index (κ3) is 9.23. The summed E-state index contributed by atoms with van der Waals surface area (Å²) < 4.78 is 7.50. The Labute approximate surface area is 214 Å². The monoisotopic (exact) mass is 568 g/mol. The van der Waals surface area contributed by atoms with Crippen molar-refractivity contribution in [2.24, 2.45) is 4.99 Å². The number of hydrogen-bond acceptors (Lipinski definition) is 4. The van der Waals surface area contributed by atoms with E-state index in [1.807, 2.05) is 51.4 Å². The molecule has 0 bridgehead atoms. The van der Waals surface area contributed by atoms with E-state index in [1.54, 1.807) is 7.05 Å². The lowest BCUT2D eigenvalue weighted by molar-refractivity contribution is 0.0490. The van der Waals surface area contributed by atoms with Crippen LogP contribution in [0.1, 0.15) is 57.8 Å². The van der Waals surface area contributed by atoms with Crippen molar-refractivity contribution in [3.05, 3.63) is 54.1 Å². The van der Waals surface area contributed by atoms with E-state index in [9.17, 15) is 4.79 Å². The highest BCUT2D eigenvalue weighted by Gasteiger charge is 2.25. The van der Waals surface area contributed by atoms with Crippen LogP contribution in [0, 0.1) is 0 Å². The first-order valence-electron chi connectivity index (χ1n) is 11.3. The predicted molar refractivity (Wildman–Crippen MR) is 142 cm³/mol. The van der Waals surface area contributed by atoms with Crippen LogP contribution in [0.5, 0.6) is 0 Å². The lowest BCUT2D eigenvalue weighted by Gasteiger charge is -2.31. The number of nitrogens with zero attached hydrogens (tertiary/aromatic N) is 3. The van der Waals surface area contributed by atoms with Crippen molar-refractivity contribution in [1.29, 1.82) is 0 Å². The quantitative estimate of drug-likeness (QED) is 0.278. The van der Waals surface area contributed by atoms with Crippen LogP contribution in [0.2, 0.25) is 0 Å². The second-order valence-corrected chi connectivity index (χ2v) is 9.22. The first kappa shape index (κ1) is 26.9. The molecule has 1 heterocycles. The number of aliphatic imine (C=N–C) groups is 1. The van der Waals surface area contributed by atoms with Gasteiger partial charge in [-0.1, -0.05) is 30.3 Å². The molecule has 1 aliphatic carbocycles. The second kappa shape index (κ2) is 12.8. The van der Waals surface area contributed by atoms with Gasteiger partial charge in [-0.25, -0.2) is 9.78 Å². The molecular formula is C24H37IN6O2. The topological polar surface area (TPSA) is 92.6 Å². The number of aromatic nitrogens is 2. The smallest absolute Gasteiger partial charge is 0.407 e. The van der Waals surface area contributed by atoms with Gasteiger partial charge in [-0.2, -0.15) is 0 Å². The van der Waals surface area contributed by atoms with Gasteiger partial charge >= 0.3 is 6.09 Å². The molecule has 182 valence electrons. The lowest BCUT2D eigenvalue weighted by Crippen LogP contribution is -2.48. The van der Waals surface area contributed by atoms with Gasteiger partial charge in [-0.15, -0.1) is 24.0 Å². The van der Waals surface area contributed by atoms with Gasteiger partial charge in [0.05, 0.1) is 6.54 Å². The number of benzene rings is 1. The fourth-order valence-electron chi connectivity index (χ4n) is 3.84. The van der Waals surface area contributed by atoms with Crippen LogP contribution >= 0.6 is 24.0 Å². The number of imidazole rings is 1. The molecule has 0 radical (unpaired) electrons. The van der Waals surface area contributed by atoms with Gasteiger partial charge in [0.25, 0.3) is 0 Å². The molecule has 0 unspecified atom stereocenters. The zero-order valence-electron chi connectivity index (χ0n) is 20.0. The fourth-order valence-corrected chi connectivity index (χ4v) is 3.84. The molecule has 0 aliphatic heterocycles. The maximum Gasteiger partial charge on any atom is 0.407 e. The molecule has 0 atom stereocenters. The summed E-state index contributed by atoms with van der Waals surface area (Å²) in [6, 6.07) is 10.8. The molecule has 33 heavy (non-hydrogen) atoms. The number of hydrogen-bond donors (Lipinski definition) is 3. The molecule has 1 saturated carbocycles. The van der Waals surface area contributed by atoms with Gasteiger partial charge in [-0.3, -0.25) is 4.99 Å². The van der Waals surface area contributed by atoms with Crippen LogP contribution in [0.4, 0.5) is 4.79 Å². The molecule has 1 aromatic heterocycles. The Kier molecular flexibility index (Phi) is 10.5. The molecule has 1 aromatic carbocycles. The summed E-state index contributed by atoms with van der Waals surface area (Å²) in [6.07, 6.45) is 7.24. The Hall–Kier alpha value is -2.30. The molecule has 9 heteroatoms. The van der Waals surface area contributed by atoms with Crippen molar-refractivity contribution in [3.63, 3.8) is 0 Å². The van der Waals surface area contributed by atoms with Crippen molar-refractivity contribution >= 4 is 36.0 Å². The van der Waals surface area contributed by atoms with Crippen LogP contribution in [0.15, 0.2) is 47.7 Å². The van der Waals surface area contributed by atoms with Gasteiger partial charge in [0.1, 0.15) is 11.4 Å². The first-order valence-corrected chi connectivity index (χ1v) is 11.3. The largest absolute Gasteiger partial charge is 0.444 e. The van der Waals surface area contributed by atoms with E-state index < -0.39 is 5.60 Å². The van der Waals surface area contributed by atoms with Crippen LogP contribution in [-0.4, -0.2) is 46.3 Å². The number of ether oxygens (including phenoxy) is 1. The maximum atomic E-state index is 12.0. The second-order valence-electron chi connectivity index (χ2n) is 9.22. The molecule has 1 amide bonds. The minimum Gasteiger partial charge on any atom is -0.444 e. The van der Waals surface area contributed by atoms with Crippen LogP contribution < -0.4 is 16.0 Å². The van der Waals surface area contributed by atoms with Crippen LogP contribution in [0.25, 0.3) is 0 Å². The molecule has 3 rings (SSSR count). The van der Waals surface area contributed by atoms with Crippen molar-refractivity contribution in [3.8, 4) is 0 Å². The summed E-state index contributed by atoms with van der Waals surface area (Å²) in [6.45, 7) is 7.01. The number of carbonyl (C=O) groups excluding carboxylic acids is 1. The zero-order valence-corrected chi connectivity index (χ0v) is 22.3. The third-order valence-electron chi connectivity index (χ3n) is 5.42. The summed E-state index contributed by atoms with van der Waals surface area (Å²) in [4.78, 5) is 20.9.